The van der Waals surface area contributed by atoms with E-state index in [0.717, 1.165) is 21.9 Å². The van der Waals surface area contributed by atoms with Gasteiger partial charge in [0.25, 0.3) is 0 Å². The molecule has 1 aromatic heterocycles. The number of carbonyl (C=O) groups excluding carboxylic acids is 2. The second kappa shape index (κ2) is 5.41. The molecular weight excluding hydrogens is 276 g/mol. The van der Waals surface area contributed by atoms with Gasteiger partial charge in [-0.2, -0.15) is 0 Å². The van der Waals surface area contributed by atoms with E-state index >= 15 is 0 Å². The third-order valence-corrected chi connectivity index (χ3v) is 3.65. The Morgan fingerprint density at radius 2 is 1.64 bits per heavy atom. The summed E-state index contributed by atoms with van der Waals surface area (Å²) in [7, 11) is 0. The normalized spacial score (nSPS) is 10.6. The molecule has 1 amide bonds. The van der Waals surface area contributed by atoms with Gasteiger partial charge in [-0.3, -0.25) is 14.6 Å². The SMILES string of the molecule is CC(=O)c1ccc(-c2cncc3ccc(C(N)=O)cc23)cc1. The van der Waals surface area contributed by atoms with E-state index in [4.69, 9.17) is 5.73 Å². The van der Waals surface area contributed by atoms with Gasteiger partial charge in [-0.25, -0.2) is 0 Å². The highest BCUT2D eigenvalue weighted by molar-refractivity contribution is 6.02. The molecule has 0 bridgehead atoms. The van der Waals surface area contributed by atoms with E-state index in [1.165, 1.54) is 6.92 Å². The fourth-order valence-corrected chi connectivity index (χ4v) is 2.43. The van der Waals surface area contributed by atoms with Crippen molar-refractivity contribution in [2.45, 2.75) is 6.92 Å². The van der Waals surface area contributed by atoms with Crippen LogP contribution in [-0.2, 0) is 0 Å². The summed E-state index contributed by atoms with van der Waals surface area (Å²) in [6.45, 7) is 1.54. The van der Waals surface area contributed by atoms with Crippen LogP contribution in [0.15, 0.2) is 54.9 Å². The lowest BCUT2D eigenvalue weighted by Crippen LogP contribution is -2.10. The minimum atomic E-state index is -0.461. The molecule has 0 spiro atoms. The van der Waals surface area contributed by atoms with E-state index in [2.05, 4.69) is 4.98 Å². The van der Waals surface area contributed by atoms with Crippen molar-refractivity contribution in [2.24, 2.45) is 5.73 Å². The first kappa shape index (κ1) is 13.9. The number of aromatic nitrogens is 1. The molecule has 0 aliphatic heterocycles. The summed E-state index contributed by atoms with van der Waals surface area (Å²) in [6.07, 6.45) is 3.49. The number of ketones is 1. The molecule has 4 heteroatoms. The van der Waals surface area contributed by atoms with Crippen molar-refractivity contribution in [3.63, 3.8) is 0 Å². The molecular formula is C18H14N2O2. The van der Waals surface area contributed by atoms with E-state index in [1.54, 1.807) is 36.7 Å². The van der Waals surface area contributed by atoms with Gasteiger partial charge in [0.15, 0.2) is 5.78 Å². The number of Topliss-reactive ketones (excluding diaryl/α,β-unsaturated/α-hetero) is 1. The topological polar surface area (TPSA) is 73.1 Å². The summed E-state index contributed by atoms with van der Waals surface area (Å²) in [5, 5.41) is 1.83. The quantitative estimate of drug-likeness (QED) is 0.753. The number of amides is 1. The number of benzene rings is 2. The molecule has 4 nitrogen and oxygen atoms in total. The first-order valence-electron chi connectivity index (χ1n) is 6.85. The Bertz CT molecular complexity index is 883. The maximum absolute atomic E-state index is 11.4. The van der Waals surface area contributed by atoms with Crippen LogP contribution in [-0.4, -0.2) is 16.7 Å². The summed E-state index contributed by atoms with van der Waals surface area (Å²) >= 11 is 0. The third kappa shape index (κ3) is 2.46. The smallest absolute Gasteiger partial charge is 0.248 e. The minimum Gasteiger partial charge on any atom is -0.366 e. The van der Waals surface area contributed by atoms with Crippen LogP contribution >= 0.6 is 0 Å². The summed E-state index contributed by atoms with van der Waals surface area (Å²) in [5.74, 6) is -0.435. The highest BCUT2D eigenvalue weighted by Crippen LogP contribution is 2.28. The molecule has 3 rings (SSSR count). The van der Waals surface area contributed by atoms with Crippen molar-refractivity contribution in [1.29, 1.82) is 0 Å². The first-order valence-corrected chi connectivity index (χ1v) is 6.85. The Morgan fingerprint density at radius 1 is 0.955 bits per heavy atom. The lowest BCUT2D eigenvalue weighted by Gasteiger charge is -2.08. The maximum atomic E-state index is 11.4. The lowest BCUT2D eigenvalue weighted by atomic mass is 9.98. The van der Waals surface area contributed by atoms with Crippen molar-refractivity contribution in [3.05, 3.63) is 66.0 Å². The van der Waals surface area contributed by atoms with Gasteiger partial charge in [0, 0.05) is 34.5 Å². The Kier molecular flexibility index (Phi) is 3.43. The van der Waals surface area contributed by atoms with Crippen molar-refractivity contribution >= 4 is 22.5 Å². The molecule has 0 saturated carbocycles. The molecule has 0 aliphatic rings. The molecule has 0 fully saturated rings. The Labute approximate surface area is 127 Å². The molecule has 0 radical (unpaired) electrons. The van der Waals surface area contributed by atoms with Crippen LogP contribution in [0.5, 0.6) is 0 Å². The fourth-order valence-electron chi connectivity index (χ4n) is 2.43. The van der Waals surface area contributed by atoms with Gasteiger partial charge >= 0.3 is 0 Å². The van der Waals surface area contributed by atoms with Gasteiger partial charge in [0.1, 0.15) is 0 Å². The van der Waals surface area contributed by atoms with E-state index in [0.29, 0.717) is 11.1 Å². The number of hydrogen-bond acceptors (Lipinski definition) is 3. The first-order chi connectivity index (χ1) is 10.6. The minimum absolute atomic E-state index is 0.0265. The highest BCUT2D eigenvalue weighted by Gasteiger charge is 2.08. The Morgan fingerprint density at radius 3 is 2.27 bits per heavy atom. The average molecular weight is 290 g/mol. The van der Waals surface area contributed by atoms with E-state index in [-0.39, 0.29) is 5.78 Å². The van der Waals surface area contributed by atoms with Gasteiger partial charge in [-0.1, -0.05) is 30.3 Å². The van der Waals surface area contributed by atoms with Crippen molar-refractivity contribution in [2.75, 3.05) is 0 Å². The van der Waals surface area contributed by atoms with Gasteiger partial charge in [-0.15, -0.1) is 0 Å². The molecule has 22 heavy (non-hydrogen) atoms. The number of primary amides is 1. The molecule has 0 saturated heterocycles. The van der Waals surface area contributed by atoms with Gasteiger partial charge in [0.2, 0.25) is 5.91 Å². The van der Waals surface area contributed by atoms with Crippen LogP contribution in [0.1, 0.15) is 27.6 Å². The molecule has 3 aromatic rings. The summed E-state index contributed by atoms with van der Waals surface area (Å²) in [4.78, 5) is 27.0. The largest absolute Gasteiger partial charge is 0.366 e. The van der Waals surface area contributed by atoms with Crippen LogP contribution in [0.3, 0.4) is 0 Å². The monoisotopic (exact) mass is 290 g/mol. The zero-order valence-electron chi connectivity index (χ0n) is 12.0. The van der Waals surface area contributed by atoms with Crippen molar-refractivity contribution in [1.82, 2.24) is 4.98 Å². The van der Waals surface area contributed by atoms with Crippen LogP contribution < -0.4 is 5.73 Å². The van der Waals surface area contributed by atoms with Crippen LogP contribution in [0.2, 0.25) is 0 Å². The predicted octanol–water partition coefficient (Wildman–Crippen LogP) is 3.20. The van der Waals surface area contributed by atoms with Gasteiger partial charge < -0.3 is 5.73 Å². The standard InChI is InChI=1S/C18H14N2O2/c1-11(21)12-2-4-13(5-3-12)17-10-20-9-15-7-6-14(18(19)22)8-16(15)17/h2-10H,1H3,(H2,19,22). The van der Waals surface area contributed by atoms with E-state index in [1.807, 2.05) is 18.2 Å². The maximum Gasteiger partial charge on any atom is 0.248 e. The third-order valence-electron chi connectivity index (χ3n) is 3.65. The van der Waals surface area contributed by atoms with Crippen LogP contribution in [0, 0.1) is 0 Å². The number of rotatable bonds is 3. The zero-order valence-corrected chi connectivity index (χ0v) is 12.0. The second-order valence-corrected chi connectivity index (χ2v) is 5.12. The number of carbonyl (C=O) groups is 2. The number of nitrogens with two attached hydrogens (primary N) is 1. The Hall–Kier alpha value is -3.01. The lowest BCUT2D eigenvalue weighted by molar-refractivity contribution is 0.0996. The molecule has 0 aliphatic carbocycles. The number of hydrogen-bond donors (Lipinski definition) is 1. The molecule has 0 unspecified atom stereocenters. The molecule has 108 valence electrons. The van der Waals surface area contributed by atoms with E-state index < -0.39 is 5.91 Å². The second-order valence-electron chi connectivity index (χ2n) is 5.12. The average Bonchev–Trinajstić information content (AvgIpc) is 2.53. The number of pyridine rings is 1. The fraction of sp³-hybridized carbons (Fsp3) is 0.0556. The number of nitrogens with zero attached hydrogens (tertiary/aromatic N) is 1. The van der Waals surface area contributed by atoms with Crippen molar-refractivity contribution < 1.29 is 9.59 Å². The molecule has 1 heterocycles. The number of fused-ring (bicyclic) bond motifs is 1. The zero-order chi connectivity index (χ0) is 15.7. The summed E-state index contributed by atoms with van der Waals surface area (Å²) in [5.41, 5.74) is 8.31. The summed E-state index contributed by atoms with van der Waals surface area (Å²) < 4.78 is 0. The molecule has 2 aromatic carbocycles. The summed E-state index contributed by atoms with van der Waals surface area (Å²) in [6, 6.07) is 12.6. The highest BCUT2D eigenvalue weighted by atomic mass is 16.1. The van der Waals surface area contributed by atoms with Crippen LogP contribution in [0.4, 0.5) is 0 Å². The van der Waals surface area contributed by atoms with Gasteiger partial charge in [0.05, 0.1) is 0 Å². The predicted molar refractivity (Wildman–Crippen MR) is 85.7 cm³/mol. The van der Waals surface area contributed by atoms with Gasteiger partial charge in [-0.05, 0) is 30.0 Å². The molecule has 2 N–H and O–H groups in total. The van der Waals surface area contributed by atoms with E-state index in [9.17, 15) is 9.59 Å². The van der Waals surface area contributed by atoms with Crippen LogP contribution in [0.25, 0.3) is 21.9 Å². The van der Waals surface area contributed by atoms with Crippen molar-refractivity contribution in [3.8, 4) is 11.1 Å². The molecule has 0 atom stereocenters. The Balaban J connectivity index is 2.19.